The van der Waals surface area contributed by atoms with Crippen molar-refractivity contribution in [1.29, 1.82) is 0 Å². The topological polar surface area (TPSA) is 44.9 Å². The molecule has 4 rings (SSSR count). The largest absolute Gasteiger partial charge is 0.361 e. The van der Waals surface area contributed by atoms with Crippen molar-refractivity contribution < 1.29 is 4.79 Å². The number of amides is 1. The van der Waals surface area contributed by atoms with Crippen LogP contribution in [0.2, 0.25) is 0 Å². The summed E-state index contributed by atoms with van der Waals surface area (Å²) in [5, 5.41) is 6.44. The normalized spacial score (nSPS) is 17.1. The lowest BCUT2D eigenvalue weighted by Gasteiger charge is -2.34. The minimum absolute atomic E-state index is 0.0848. The van der Waals surface area contributed by atoms with E-state index in [2.05, 4.69) is 60.8 Å². The number of benzene rings is 1. The summed E-state index contributed by atoms with van der Waals surface area (Å²) in [5.74, 6) is 0.794. The number of H-pyrrole nitrogens is 1. The van der Waals surface area contributed by atoms with Crippen molar-refractivity contribution in [2.75, 3.05) is 6.54 Å². The predicted molar refractivity (Wildman–Crippen MR) is 114 cm³/mol. The molecule has 1 amide bonds. The molecule has 1 aliphatic rings. The second-order valence-corrected chi connectivity index (χ2v) is 9.69. The molecule has 0 aliphatic heterocycles. The first-order valence-electron chi connectivity index (χ1n) is 9.86. The van der Waals surface area contributed by atoms with Gasteiger partial charge in [-0.05, 0) is 54.2 Å². The fraction of sp³-hybridized carbons (Fsp3) is 0.435. The molecule has 0 spiro atoms. The minimum Gasteiger partial charge on any atom is -0.361 e. The molecule has 0 saturated heterocycles. The van der Waals surface area contributed by atoms with Gasteiger partial charge in [-0.2, -0.15) is 0 Å². The number of nitrogens with one attached hydrogen (secondary N) is 2. The van der Waals surface area contributed by atoms with Crippen molar-refractivity contribution in [2.24, 2.45) is 11.3 Å². The lowest BCUT2D eigenvalue weighted by atomic mass is 9.72. The molecule has 1 aromatic carbocycles. The number of para-hydroxylation sites is 1. The third-order valence-corrected chi connectivity index (χ3v) is 7.03. The number of rotatable bonds is 4. The van der Waals surface area contributed by atoms with Crippen LogP contribution in [-0.4, -0.2) is 17.4 Å². The summed E-state index contributed by atoms with van der Waals surface area (Å²) in [6.45, 7) is 7.65. The Hall–Kier alpha value is -2.07. The fourth-order valence-electron chi connectivity index (χ4n) is 4.19. The predicted octanol–water partition coefficient (Wildman–Crippen LogP) is 5.35. The zero-order chi connectivity index (χ0) is 19.0. The van der Waals surface area contributed by atoms with Crippen LogP contribution in [0.1, 0.15) is 53.6 Å². The van der Waals surface area contributed by atoms with Crippen molar-refractivity contribution in [1.82, 2.24) is 10.3 Å². The molecule has 3 aromatic rings. The summed E-state index contributed by atoms with van der Waals surface area (Å²) < 4.78 is 0. The average molecular weight is 381 g/mol. The monoisotopic (exact) mass is 380 g/mol. The van der Waals surface area contributed by atoms with E-state index >= 15 is 0 Å². The van der Waals surface area contributed by atoms with E-state index in [0.717, 1.165) is 30.3 Å². The number of aromatic nitrogens is 1. The van der Waals surface area contributed by atoms with Gasteiger partial charge in [-0.25, -0.2) is 0 Å². The number of hydrogen-bond acceptors (Lipinski definition) is 2. The molecule has 0 fully saturated rings. The molecule has 0 bridgehead atoms. The maximum Gasteiger partial charge on any atom is 0.252 e. The van der Waals surface area contributed by atoms with E-state index in [4.69, 9.17) is 0 Å². The summed E-state index contributed by atoms with van der Waals surface area (Å²) >= 11 is 1.77. The Morgan fingerprint density at radius 2 is 2.11 bits per heavy atom. The Bertz CT molecular complexity index is 960. The number of carbonyl (C=O) groups excluding carboxylic acids is 1. The van der Waals surface area contributed by atoms with Gasteiger partial charge in [0.2, 0.25) is 0 Å². The second-order valence-electron chi connectivity index (χ2n) is 8.72. The van der Waals surface area contributed by atoms with E-state index in [-0.39, 0.29) is 5.91 Å². The Balaban J connectivity index is 1.39. The Morgan fingerprint density at radius 3 is 2.93 bits per heavy atom. The molecule has 2 aromatic heterocycles. The van der Waals surface area contributed by atoms with Crippen LogP contribution in [0, 0.1) is 11.3 Å². The number of carbonyl (C=O) groups is 1. The van der Waals surface area contributed by atoms with Gasteiger partial charge in [0, 0.05) is 33.9 Å². The summed E-state index contributed by atoms with van der Waals surface area (Å²) in [4.78, 5) is 17.5. The van der Waals surface area contributed by atoms with E-state index in [1.807, 2.05) is 6.07 Å². The van der Waals surface area contributed by atoms with Crippen LogP contribution in [0.3, 0.4) is 0 Å². The van der Waals surface area contributed by atoms with Crippen molar-refractivity contribution in [3.05, 3.63) is 57.4 Å². The highest BCUT2D eigenvalue weighted by Gasteiger charge is 2.31. The fourth-order valence-corrected chi connectivity index (χ4v) is 5.35. The first-order chi connectivity index (χ1) is 12.9. The number of aromatic amines is 1. The van der Waals surface area contributed by atoms with Crippen molar-refractivity contribution in [3.8, 4) is 0 Å². The van der Waals surface area contributed by atoms with Crippen LogP contribution >= 0.6 is 11.3 Å². The van der Waals surface area contributed by atoms with Gasteiger partial charge in [0.05, 0.1) is 5.56 Å². The SMILES string of the molecule is CC(C)(C)C1CCc2c(C(=O)NCCc3c[nH]c4ccccc34)csc2C1. The maximum atomic E-state index is 12.7. The average Bonchev–Trinajstić information content (AvgIpc) is 3.24. The van der Waals surface area contributed by atoms with E-state index in [0.29, 0.717) is 17.9 Å². The van der Waals surface area contributed by atoms with E-state index in [1.165, 1.54) is 27.8 Å². The highest BCUT2D eigenvalue weighted by atomic mass is 32.1. The van der Waals surface area contributed by atoms with Crippen molar-refractivity contribution in [2.45, 2.75) is 46.5 Å². The third-order valence-electron chi connectivity index (χ3n) is 5.98. The molecule has 0 saturated carbocycles. The van der Waals surface area contributed by atoms with Gasteiger partial charge >= 0.3 is 0 Å². The lowest BCUT2D eigenvalue weighted by Crippen LogP contribution is -2.29. The first kappa shape index (κ1) is 18.3. The van der Waals surface area contributed by atoms with Gasteiger partial charge < -0.3 is 10.3 Å². The van der Waals surface area contributed by atoms with Gasteiger partial charge in [-0.3, -0.25) is 4.79 Å². The van der Waals surface area contributed by atoms with E-state index < -0.39 is 0 Å². The molecule has 1 atom stereocenters. The smallest absolute Gasteiger partial charge is 0.252 e. The summed E-state index contributed by atoms with van der Waals surface area (Å²) in [7, 11) is 0. The maximum absolute atomic E-state index is 12.7. The first-order valence-corrected chi connectivity index (χ1v) is 10.7. The zero-order valence-corrected chi connectivity index (χ0v) is 17.2. The van der Waals surface area contributed by atoms with Gasteiger partial charge in [-0.1, -0.05) is 39.0 Å². The molecule has 0 radical (unpaired) electrons. The molecule has 2 heterocycles. The summed E-state index contributed by atoms with van der Waals surface area (Å²) in [5.41, 5.74) is 4.94. The molecular weight excluding hydrogens is 352 g/mol. The molecule has 4 heteroatoms. The quantitative estimate of drug-likeness (QED) is 0.629. The van der Waals surface area contributed by atoms with Crippen LogP contribution in [0.15, 0.2) is 35.8 Å². The van der Waals surface area contributed by atoms with Gasteiger partial charge in [-0.15, -0.1) is 11.3 Å². The van der Waals surface area contributed by atoms with Gasteiger partial charge in [0.15, 0.2) is 0 Å². The molecule has 27 heavy (non-hydrogen) atoms. The Morgan fingerprint density at radius 1 is 1.30 bits per heavy atom. The number of hydrogen-bond donors (Lipinski definition) is 2. The molecular formula is C23H28N2OS. The molecule has 3 nitrogen and oxygen atoms in total. The van der Waals surface area contributed by atoms with Crippen LogP contribution in [0.4, 0.5) is 0 Å². The van der Waals surface area contributed by atoms with Gasteiger partial charge in [0.1, 0.15) is 0 Å². The van der Waals surface area contributed by atoms with Crippen LogP contribution < -0.4 is 5.32 Å². The highest BCUT2D eigenvalue weighted by Crippen LogP contribution is 2.40. The summed E-state index contributed by atoms with van der Waals surface area (Å²) in [6, 6.07) is 8.30. The Labute approximate surface area is 165 Å². The lowest BCUT2D eigenvalue weighted by molar-refractivity contribution is 0.0953. The Kier molecular flexibility index (Phi) is 4.85. The molecule has 1 unspecified atom stereocenters. The number of fused-ring (bicyclic) bond motifs is 2. The molecule has 1 aliphatic carbocycles. The standard InChI is InChI=1S/C23H28N2OS/c1-23(2,3)16-8-9-18-19(14-27-21(18)12-16)22(26)24-11-10-15-13-25-20-7-5-4-6-17(15)20/h4-7,13-14,16,25H,8-12H2,1-3H3,(H,24,26). The van der Waals surface area contributed by atoms with Crippen LogP contribution in [0.5, 0.6) is 0 Å². The van der Waals surface area contributed by atoms with Gasteiger partial charge in [0.25, 0.3) is 5.91 Å². The van der Waals surface area contributed by atoms with Crippen molar-refractivity contribution >= 4 is 28.1 Å². The third kappa shape index (κ3) is 3.68. The number of thiophene rings is 1. The highest BCUT2D eigenvalue weighted by molar-refractivity contribution is 7.10. The van der Waals surface area contributed by atoms with Crippen molar-refractivity contribution in [3.63, 3.8) is 0 Å². The molecule has 2 N–H and O–H groups in total. The van der Waals surface area contributed by atoms with E-state index in [1.54, 1.807) is 11.3 Å². The van der Waals surface area contributed by atoms with E-state index in [9.17, 15) is 4.79 Å². The molecule has 142 valence electrons. The second kappa shape index (κ2) is 7.16. The van der Waals surface area contributed by atoms with Crippen LogP contribution in [0.25, 0.3) is 10.9 Å². The summed E-state index contributed by atoms with van der Waals surface area (Å²) in [6.07, 6.45) is 6.23. The van der Waals surface area contributed by atoms with Crippen LogP contribution in [-0.2, 0) is 19.3 Å². The minimum atomic E-state index is 0.0848. The zero-order valence-electron chi connectivity index (χ0n) is 16.4.